The number of sulfonamides is 1. The number of aliphatic hydroxyl groups excluding tert-OH is 1. The Kier molecular flexibility index (Phi) is 11.4. The monoisotopic (exact) mass is 665 g/mol. The predicted molar refractivity (Wildman–Crippen MR) is 168 cm³/mol. The molecule has 2 aromatic carbocycles. The van der Waals surface area contributed by atoms with E-state index in [0.29, 0.717) is 23.1 Å². The van der Waals surface area contributed by atoms with Crippen molar-refractivity contribution < 1.29 is 41.0 Å². The molecule has 4 N–H and O–H groups in total. The predicted octanol–water partition coefficient (Wildman–Crippen LogP) is 3.38. The molecule has 1 aromatic heterocycles. The molecule has 0 aliphatic carbocycles. The van der Waals surface area contributed by atoms with Crippen LogP contribution in [-0.4, -0.2) is 94.2 Å². The molecule has 4 rings (SSSR count). The molecule has 1 aliphatic heterocycles. The number of benzene rings is 2. The zero-order valence-corrected chi connectivity index (χ0v) is 26.6. The SMILES string of the molecule is COCC(O)CN1CCC(Nc2cccc3c2cc(C#CCNc2ccc(S(=O)(=O)NC(C)=O)cc2OC)n3CC(F)(F)F)CC1. The molecule has 15 heteroatoms. The minimum absolute atomic E-state index is 0.0183. The normalized spacial score (nSPS) is 15.2. The van der Waals surface area contributed by atoms with Crippen LogP contribution in [0, 0.1) is 11.8 Å². The van der Waals surface area contributed by atoms with Gasteiger partial charge < -0.3 is 34.7 Å². The zero-order valence-electron chi connectivity index (χ0n) is 25.8. The summed E-state index contributed by atoms with van der Waals surface area (Å²) in [5.41, 5.74) is 1.71. The summed E-state index contributed by atoms with van der Waals surface area (Å²) in [6, 6.07) is 10.9. The molecular formula is C31H38F3N5O6S. The maximum absolute atomic E-state index is 13.6. The molecule has 11 nitrogen and oxygen atoms in total. The highest BCUT2D eigenvalue weighted by Gasteiger charge is 2.30. The van der Waals surface area contributed by atoms with Crippen molar-refractivity contribution in [3.8, 4) is 17.6 Å². The van der Waals surface area contributed by atoms with E-state index in [1.54, 1.807) is 25.3 Å². The molecule has 0 saturated carbocycles. The summed E-state index contributed by atoms with van der Waals surface area (Å²) in [5, 5.41) is 17.2. The average molecular weight is 666 g/mol. The number of alkyl halides is 3. The standard InChI is InChI=1S/C31H38F3N5O6S/c1-21(40)37-46(42,43)25-9-10-28(30(17-25)45-3)35-13-5-6-23-16-26-27(7-4-8-29(26)39(23)20-31(32,33)34)36-22-11-14-38(15-12-22)18-24(41)19-44-2/h4,7-10,16-17,22,24,35-36,41H,11-15,18-20H2,1-3H3,(H,37,40). The Morgan fingerprint density at radius 1 is 1.13 bits per heavy atom. The number of fused-ring (bicyclic) bond motifs is 1. The van der Waals surface area contributed by atoms with Crippen LogP contribution in [0.25, 0.3) is 10.9 Å². The summed E-state index contributed by atoms with van der Waals surface area (Å²) in [4.78, 5) is 13.2. The number of rotatable bonds is 12. The fourth-order valence-electron chi connectivity index (χ4n) is 5.39. The summed E-state index contributed by atoms with van der Waals surface area (Å²) in [7, 11) is -1.18. The Hall–Kier alpha value is -3.97. The van der Waals surface area contributed by atoms with Gasteiger partial charge in [0.05, 0.1) is 48.2 Å². The lowest BCUT2D eigenvalue weighted by Gasteiger charge is -2.34. The van der Waals surface area contributed by atoms with Crippen LogP contribution >= 0.6 is 0 Å². The van der Waals surface area contributed by atoms with Crippen LogP contribution in [0.2, 0.25) is 0 Å². The number of carbonyl (C=O) groups is 1. The molecule has 1 aliphatic rings. The number of anilines is 2. The number of hydrogen-bond donors (Lipinski definition) is 4. The van der Waals surface area contributed by atoms with Gasteiger partial charge in [-0.1, -0.05) is 12.0 Å². The van der Waals surface area contributed by atoms with Crippen molar-refractivity contribution in [1.29, 1.82) is 0 Å². The second-order valence-corrected chi connectivity index (χ2v) is 12.7. The number of aliphatic hydroxyl groups is 1. The Bertz CT molecular complexity index is 1690. The largest absolute Gasteiger partial charge is 0.495 e. The van der Waals surface area contributed by atoms with Crippen molar-refractivity contribution in [2.45, 2.75) is 49.5 Å². The Morgan fingerprint density at radius 2 is 1.87 bits per heavy atom. The summed E-state index contributed by atoms with van der Waals surface area (Å²) in [6.45, 7) is 2.22. The van der Waals surface area contributed by atoms with E-state index >= 15 is 0 Å². The van der Waals surface area contributed by atoms with Gasteiger partial charge in [0, 0.05) is 56.8 Å². The highest BCUT2D eigenvalue weighted by Crippen LogP contribution is 2.32. The molecular weight excluding hydrogens is 627 g/mol. The Balaban J connectivity index is 1.51. The quantitative estimate of drug-likeness (QED) is 0.215. The zero-order chi connectivity index (χ0) is 33.5. The minimum Gasteiger partial charge on any atom is -0.495 e. The van der Waals surface area contributed by atoms with Gasteiger partial charge in [0.2, 0.25) is 5.91 Å². The summed E-state index contributed by atoms with van der Waals surface area (Å²) < 4.78 is 78.9. The fraction of sp³-hybridized carbons (Fsp3) is 0.452. The molecule has 3 aromatic rings. The number of methoxy groups -OCH3 is 2. The van der Waals surface area contributed by atoms with E-state index in [0.717, 1.165) is 43.1 Å². The summed E-state index contributed by atoms with van der Waals surface area (Å²) in [6.07, 6.45) is -3.42. The van der Waals surface area contributed by atoms with Crippen molar-refractivity contribution in [1.82, 2.24) is 14.2 Å². The number of aromatic nitrogens is 1. The van der Waals surface area contributed by atoms with Crippen molar-refractivity contribution >= 4 is 38.2 Å². The third-order valence-corrected chi connectivity index (χ3v) is 8.83. The minimum atomic E-state index is -4.48. The third-order valence-electron chi connectivity index (χ3n) is 7.40. The van der Waals surface area contributed by atoms with Crippen molar-refractivity contribution in [2.75, 3.05) is 57.6 Å². The molecule has 1 fully saturated rings. The number of piperidine rings is 1. The van der Waals surface area contributed by atoms with Crippen LogP contribution in [0.5, 0.6) is 5.75 Å². The number of halogens is 3. The van der Waals surface area contributed by atoms with Gasteiger partial charge in [-0.2, -0.15) is 13.2 Å². The van der Waals surface area contributed by atoms with Crippen LogP contribution in [0.3, 0.4) is 0 Å². The number of carbonyl (C=O) groups excluding carboxylic acids is 1. The first-order valence-corrected chi connectivity index (χ1v) is 16.1. The van der Waals surface area contributed by atoms with Gasteiger partial charge >= 0.3 is 6.18 Å². The van der Waals surface area contributed by atoms with E-state index in [9.17, 15) is 31.5 Å². The number of hydrogen-bond acceptors (Lipinski definition) is 9. The lowest BCUT2D eigenvalue weighted by Crippen LogP contribution is -2.43. The van der Waals surface area contributed by atoms with Crippen molar-refractivity contribution in [2.24, 2.45) is 0 Å². The average Bonchev–Trinajstić information content (AvgIpc) is 3.32. The van der Waals surface area contributed by atoms with Gasteiger partial charge in [-0.15, -0.1) is 0 Å². The van der Waals surface area contributed by atoms with E-state index in [4.69, 9.17) is 9.47 Å². The number of β-amino-alcohol motifs (C(OH)–C–C–N with tert-alkyl or cyclic N) is 1. The van der Waals surface area contributed by atoms with Crippen molar-refractivity contribution in [3.05, 3.63) is 48.2 Å². The van der Waals surface area contributed by atoms with Crippen LogP contribution in [-0.2, 0) is 26.1 Å². The smallest absolute Gasteiger partial charge is 0.406 e. The first-order chi connectivity index (χ1) is 21.8. The first kappa shape index (κ1) is 34.9. The fourth-order valence-corrected chi connectivity index (χ4v) is 6.40. The van der Waals surface area contributed by atoms with Gasteiger partial charge in [-0.25, -0.2) is 13.1 Å². The molecule has 1 atom stereocenters. The lowest BCUT2D eigenvalue weighted by molar-refractivity contribution is -0.140. The van der Waals surface area contributed by atoms with Crippen LogP contribution in [0.1, 0.15) is 25.5 Å². The maximum Gasteiger partial charge on any atom is 0.406 e. The Labute approximate surface area is 266 Å². The number of nitrogens with one attached hydrogen (secondary N) is 3. The maximum atomic E-state index is 13.6. The van der Waals surface area contributed by atoms with Gasteiger partial charge in [0.1, 0.15) is 12.3 Å². The number of ether oxygens (including phenoxy) is 2. The third kappa shape index (κ3) is 9.29. The second kappa shape index (κ2) is 15.1. The van der Waals surface area contributed by atoms with Crippen LogP contribution in [0.4, 0.5) is 24.5 Å². The summed E-state index contributed by atoms with van der Waals surface area (Å²) in [5.74, 6) is 5.14. The highest BCUT2D eigenvalue weighted by atomic mass is 32.2. The molecule has 2 heterocycles. The van der Waals surface area contributed by atoms with E-state index in [2.05, 4.69) is 27.4 Å². The summed E-state index contributed by atoms with van der Waals surface area (Å²) >= 11 is 0. The van der Waals surface area contributed by atoms with E-state index in [-0.39, 0.29) is 35.5 Å². The van der Waals surface area contributed by atoms with Crippen LogP contribution in [0.15, 0.2) is 47.4 Å². The van der Waals surface area contributed by atoms with E-state index in [1.807, 2.05) is 10.8 Å². The molecule has 0 spiro atoms. The second-order valence-electron chi connectivity index (χ2n) is 11.0. The van der Waals surface area contributed by atoms with Gasteiger partial charge in [-0.05, 0) is 49.1 Å². The molecule has 1 saturated heterocycles. The van der Waals surface area contributed by atoms with E-state index < -0.39 is 34.8 Å². The topological polar surface area (TPSA) is 134 Å². The molecule has 0 radical (unpaired) electrons. The first-order valence-electron chi connectivity index (χ1n) is 14.6. The van der Waals surface area contributed by atoms with Crippen molar-refractivity contribution in [3.63, 3.8) is 0 Å². The molecule has 0 bridgehead atoms. The van der Waals surface area contributed by atoms with Gasteiger partial charge in [0.25, 0.3) is 10.0 Å². The highest BCUT2D eigenvalue weighted by molar-refractivity contribution is 7.90. The lowest BCUT2D eigenvalue weighted by atomic mass is 10.0. The number of nitrogens with zero attached hydrogens (tertiary/aromatic N) is 2. The van der Waals surface area contributed by atoms with Gasteiger partial charge in [-0.3, -0.25) is 4.79 Å². The van der Waals surface area contributed by atoms with Gasteiger partial charge in [0.15, 0.2) is 0 Å². The Morgan fingerprint density at radius 3 is 2.52 bits per heavy atom. The van der Waals surface area contributed by atoms with E-state index in [1.165, 1.54) is 25.3 Å². The van der Waals surface area contributed by atoms with Crippen LogP contribution < -0.4 is 20.1 Å². The molecule has 250 valence electrons. The molecule has 1 unspecified atom stereocenters. The number of amides is 1. The number of likely N-dealkylation sites (tertiary alicyclic amines) is 1. The molecule has 1 amide bonds. The molecule has 46 heavy (non-hydrogen) atoms.